The predicted octanol–water partition coefficient (Wildman–Crippen LogP) is -0.796. The lowest BCUT2D eigenvalue weighted by Gasteiger charge is -2.23. The molecule has 5 heteroatoms. The Labute approximate surface area is 90.4 Å². The fourth-order valence-electron chi connectivity index (χ4n) is 1.81. The average Bonchev–Trinajstić information content (AvgIpc) is 2.69. The van der Waals surface area contributed by atoms with Crippen LogP contribution in [0.5, 0.6) is 0 Å². The normalized spacial score (nSPS) is 22.7. The molecule has 1 rings (SSSR count). The van der Waals surface area contributed by atoms with E-state index in [9.17, 15) is 9.90 Å². The number of carbonyl (C=O) groups excluding carboxylic acids is 1. The second kappa shape index (κ2) is 6.05. The number of aliphatic hydroxyl groups excluding tert-OH is 1. The minimum Gasteiger partial charge on any atom is -0.389 e. The van der Waals surface area contributed by atoms with Gasteiger partial charge in [-0.3, -0.25) is 4.79 Å². The minimum absolute atomic E-state index is 0.0580. The van der Waals surface area contributed by atoms with Crippen LogP contribution >= 0.6 is 0 Å². The second-order valence-corrected chi connectivity index (χ2v) is 3.98. The fourth-order valence-corrected chi connectivity index (χ4v) is 1.81. The van der Waals surface area contributed by atoms with Crippen molar-refractivity contribution in [1.82, 2.24) is 10.2 Å². The van der Waals surface area contributed by atoms with Crippen LogP contribution in [0, 0.1) is 0 Å². The lowest BCUT2D eigenvalue weighted by Crippen LogP contribution is -2.45. The molecule has 2 N–H and O–H groups in total. The number of carbonyl (C=O) groups is 1. The molecular weight excluding hydrogens is 196 g/mol. The third-order valence-corrected chi connectivity index (χ3v) is 2.58. The van der Waals surface area contributed by atoms with Crippen molar-refractivity contribution in [2.75, 3.05) is 33.9 Å². The SMILES string of the molecule is COCC(O)CN(C)C(=O)C1CCCN1. The summed E-state index contributed by atoms with van der Waals surface area (Å²) in [7, 11) is 3.24. The van der Waals surface area contributed by atoms with Gasteiger partial charge in [0.2, 0.25) is 5.91 Å². The molecular formula is C10H20N2O3. The predicted molar refractivity (Wildman–Crippen MR) is 56.5 cm³/mol. The number of aliphatic hydroxyl groups is 1. The van der Waals surface area contributed by atoms with Crippen LogP contribution in [0.25, 0.3) is 0 Å². The van der Waals surface area contributed by atoms with Gasteiger partial charge in [-0.25, -0.2) is 0 Å². The van der Waals surface area contributed by atoms with Crippen LogP contribution in [0.15, 0.2) is 0 Å². The zero-order chi connectivity index (χ0) is 11.3. The molecule has 88 valence electrons. The maximum Gasteiger partial charge on any atom is 0.239 e. The van der Waals surface area contributed by atoms with Gasteiger partial charge >= 0.3 is 0 Å². The molecule has 1 saturated heterocycles. The van der Waals surface area contributed by atoms with E-state index < -0.39 is 6.10 Å². The Kier molecular flexibility index (Phi) is 5.01. The highest BCUT2D eigenvalue weighted by atomic mass is 16.5. The molecule has 5 nitrogen and oxygen atoms in total. The molecule has 0 spiro atoms. The first-order chi connectivity index (χ1) is 7.15. The first-order valence-corrected chi connectivity index (χ1v) is 5.30. The summed E-state index contributed by atoms with van der Waals surface area (Å²) in [5.41, 5.74) is 0. The summed E-state index contributed by atoms with van der Waals surface area (Å²) in [6.07, 6.45) is 1.33. The van der Waals surface area contributed by atoms with Gasteiger partial charge in [0.15, 0.2) is 0 Å². The van der Waals surface area contributed by atoms with Gasteiger partial charge in [0.25, 0.3) is 0 Å². The fraction of sp³-hybridized carbons (Fsp3) is 0.900. The summed E-state index contributed by atoms with van der Waals surface area (Å²) < 4.78 is 4.81. The van der Waals surface area contributed by atoms with E-state index in [0.29, 0.717) is 6.54 Å². The Bertz CT molecular complexity index is 205. The van der Waals surface area contributed by atoms with Crippen LogP contribution in [0.2, 0.25) is 0 Å². The van der Waals surface area contributed by atoms with Crippen molar-refractivity contribution >= 4 is 5.91 Å². The van der Waals surface area contributed by atoms with E-state index in [2.05, 4.69) is 5.32 Å². The van der Waals surface area contributed by atoms with Gasteiger partial charge in [-0.05, 0) is 19.4 Å². The van der Waals surface area contributed by atoms with Crippen LogP contribution in [-0.4, -0.2) is 61.9 Å². The summed E-state index contributed by atoms with van der Waals surface area (Å²) in [6.45, 7) is 1.49. The highest BCUT2D eigenvalue weighted by Gasteiger charge is 2.25. The number of ether oxygens (including phenoxy) is 1. The zero-order valence-electron chi connectivity index (χ0n) is 9.40. The van der Waals surface area contributed by atoms with Crippen LogP contribution < -0.4 is 5.32 Å². The topological polar surface area (TPSA) is 61.8 Å². The molecule has 0 aromatic carbocycles. The van der Waals surface area contributed by atoms with E-state index in [1.165, 1.54) is 7.11 Å². The van der Waals surface area contributed by atoms with Gasteiger partial charge in [-0.1, -0.05) is 0 Å². The van der Waals surface area contributed by atoms with E-state index in [1.54, 1.807) is 11.9 Å². The van der Waals surface area contributed by atoms with Crippen LogP contribution in [0.4, 0.5) is 0 Å². The number of likely N-dealkylation sites (N-methyl/N-ethyl adjacent to an activating group) is 1. The summed E-state index contributed by atoms with van der Waals surface area (Å²) in [5, 5.41) is 12.6. The zero-order valence-corrected chi connectivity index (χ0v) is 9.40. The molecule has 0 bridgehead atoms. The maximum atomic E-state index is 11.8. The van der Waals surface area contributed by atoms with Crippen LogP contribution in [0.3, 0.4) is 0 Å². The third-order valence-electron chi connectivity index (χ3n) is 2.58. The van der Waals surface area contributed by atoms with Crippen molar-refractivity contribution in [1.29, 1.82) is 0 Å². The molecule has 1 amide bonds. The Morgan fingerprint density at radius 2 is 2.47 bits per heavy atom. The molecule has 0 saturated carbocycles. The number of nitrogens with one attached hydrogen (secondary N) is 1. The third kappa shape index (κ3) is 3.77. The summed E-state index contributed by atoms with van der Waals surface area (Å²) in [5.74, 6) is 0.0580. The van der Waals surface area contributed by atoms with E-state index >= 15 is 0 Å². The molecule has 0 aliphatic carbocycles. The molecule has 1 fully saturated rings. The Hall–Kier alpha value is -0.650. The number of rotatable bonds is 5. The molecule has 2 unspecified atom stereocenters. The Morgan fingerprint density at radius 3 is 3.00 bits per heavy atom. The highest BCUT2D eigenvalue weighted by molar-refractivity contribution is 5.81. The van der Waals surface area contributed by atoms with Crippen molar-refractivity contribution < 1.29 is 14.6 Å². The summed E-state index contributed by atoms with van der Waals surface area (Å²) >= 11 is 0. The molecule has 0 aromatic rings. The first-order valence-electron chi connectivity index (χ1n) is 5.30. The maximum absolute atomic E-state index is 11.8. The lowest BCUT2D eigenvalue weighted by atomic mass is 10.2. The largest absolute Gasteiger partial charge is 0.389 e. The molecule has 2 atom stereocenters. The number of hydrogen-bond acceptors (Lipinski definition) is 4. The van der Waals surface area contributed by atoms with Gasteiger partial charge in [-0.15, -0.1) is 0 Å². The number of hydrogen-bond donors (Lipinski definition) is 2. The van der Waals surface area contributed by atoms with E-state index in [1.807, 2.05) is 0 Å². The lowest BCUT2D eigenvalue weighted by molar-refractivity contribution is -0.133. The van der Waals surface area contributed by atoms with Gasteiger partial charge < -0.3 is 20.1 Å². The molecule has 0 radical (unpaired) electrons. The monoisotopic (exact) mass is 216 g/mol. The number of methoxy groups -OCH3 is 1. The first kappa shape index (κ1) is 12.4. The smallest absolute Gasteiger partial charge is 0.239 e. The van der Waals surface area contributed by atoms with Crippen LogP contribution in [0.1, 0.15) is 12.8 Å². The molecule has 0 aromatic heterocycles. The molecule has 1 heterocycles. The molecule has 1 aliphatic rings. The van der Waals surface area contributed by atoms with Crippen molar-refractivity contribution in [2.24, 2.45) is 0 Å². The second-order valence-electron chi connectivity index (χ2n) is 3.98. The van der Waals surface area contributed by atoms with Crippen LogP contribution in [-0.2, 0) is 9.53 Å². The van der Waals surface area contributed by atoms with Crippen molar-refractivity contribution in [2.45, 2.75) is 25.0 Å². The average molecular weight is 216 g/mol. The van der Waals surface area contributed by atoms with E-state index in [4.69, 9.17) is 4.74 Å². The van der Waals surface area contributed by atoms with E-state index in [-0.39, 0.29) is 18.6 Å². The Balaban J connectivity index is 2.31. The van der Waals surface area contributed by atoms with Gasteiger partial charge in [0, 0.05) is 20.7 Å². The quantitative estimate of drug-likeness (QED) is 0.632. The van der Waals surface area contributed by atoms with E-state index in [0.717, 1.165) is 19.4 Å². The van der Waals surface area contributed by atoms with Crippen molar-refractivity contribution in [3.8, 4) is 0 Å². The number of nitrogens with zero attached hydrogens (tertiary/aromatic N) is 1. The summed E-state index contributed by atoms with van der Waals surface area (Å²) in [4.78, 5) is 13.4. The standard InChI is InChI=1S/C10H20N2O3/c1-12(6-8(13)7-15-2)10(14)9-4-3-5-11-9/h8-9,11,13H,3-7H2,1-2H3. The number of amides is 1. The van der Waals surface area contributed by atoms with Gasteiger partial charge in [0.05, 0.1) is 18.8 Å². The Morgan fingerprint density at radius 1 is 1.73 bits per heavy atom. The summed E-state index contributed by atoms with van der Waals surface area (Å²) in [6, 6.07) is -0.0651. The van der Waals surface area contributed by atoms with Gasteiger partial charge in [0.1, 0.15) is 0 Å². The van der Waals surface area contributed by atoms with Crippen molar-refractivity contribution in [3.63, 3.8) is 0 Å². The highest BCUT2D eigenvalue weighted by Crippen LogP contribution is 2.07. The minimum atomic E-state index is -0.606. The molecule has 1 aliphatic heterocycles. The van der Waals surface area contributed by atoms with Gasteiger partial charge in [-0.2, -0.15) is 0 Å². The van der Waals surface area contributed by atoms with Crippen molar-refractivity contribution in [3.05, 3.63) is 0 Å². The molecule has 15 heavy (non-hydrogen) atoms.